The van der Waals surface area contributed by atoms with E-state index in [2.05, 4.69) is 0 Å². The summed E-state index contributed by atoms with van der Waals surface area (Å²) in [6.45, 7) is -1.47. The van der Waals surface area contributed by atoms with Gasteiger partial charge < -0.3 is 43.0 Å². The maximum Gasteiger partial charge on any atom is 0.338 e. The summed E-state index contributed by atoms with van der Waals surface area (Å²) in [5, 5.41) is 12.4. The van der Waals surface area contributed by atoms with Crippen molar-refractivity contribution in [3.63, 3.8) is 0 Å². The number of ether oxygens (including phenoxy) is 8. The summed E-state index contributed by atoms with van der Waals surface area (Å²) in [7, 11) is 1.21. The van der Waals surface area contributed by atoms with Gasteiger partial charge in [0.05, 0.1) is 44.5 Å². The van der Waals surface area contributed by atoms with Crippen molar-refractivity contribution in [2.75, 3.05) is 20.3 Å². The standard InChI is InChI=1S/C57H46N2O17/c1-69-56-43(59-50(63)38-28-16-17-29-39(38)51(59)64)47(75-55(68)35-24-12-5-13-25-35)45(41(73-56)31-71-53(66)33-20-8-3-9-21-33)76-57-42(58-48(61)36-26-14-15-27-37(36)49(58)62)46(74-54(67)34-22-10-4-11-23-34)44(60)40(72-57)30-70-52(65)32-18-6-2-7-19-32/h2-29,40-47,56-57,60H,30-31H2,1H3/t40?,41?,42-,43+,44?,45-,46-,47?,56+,57?/m1/s1. The Morgan fingerprint density at radius 1 is 0.434 bits per heavy atom. The van der Waals surface area contributed by atoms with Crippen molar-refractivity contribution in [3.8, 4) is 0 Å². The van der Waals surface area contributed by atoms with E-state index in [1.165, 1.54) is 92.0 Å². The zero-order chi connectivity index (χ0) is 53.0. The van der Waals surface area contributed by atoms with Crippen LogP contribution in [-0.2, 0) is 37.9 Å². The molecule has 5 unspecified atom stereocenters. The van der Waals surface area contributed by atoms with Gasteiger partial charge in [0.2, 0.25) is 0 Å². The average molecular weight is 1030 g/mol. The van der Waals surface area contributed by atoms with Crippen LogP contribution in [0.15, 0.2) is 170 Å². The molecular formula is C57H46N2O17. The molecule has 0 spiro atoms. The van der Waals surface area contributed by atoms with Crippen molar-refractivity contribution in [3.05, 3.63) is 214 Å². The molecule has 4 aliphatic rings. The van der Waals surface area contributed by atoms with Crippen LogP contribution >= 0.6 is 0 Å². The number of methoxy groups -OCH3 is 1. The largest absolute Gasteiger partial charge is 0.459 e. The Morgan fingerprint density at radius 2 is 0.763 bits per heavy atom. The van der Waals surface area contributed by atoms with Crippen molar-refractivity contribution < 1.29 is 81.4 Å². The van der Waals surface area contributed by atoms with Crippen molar-refractivity contribution in [1.82, 2.24) is 9.80 Å². The Morgan fingerprint density at radius 3 is 1.16 bits per heavy atom. The molecule has 6 aromatic carbocycles. The zero-order valence-corrected chi connectivity index (χ0v) is 40.2. The number of fused-ring (bicyclic) bond motifs is 2. The summed E-state index contributed by atoms with van der Waals surface area (Å²) < 4.78 is 49.9. The van der Waals surface area contributed by atoms with Gasteiger partial charge in [-0.2, -0.15) is 0 Å². The Labute approximate surface area is 433 Å². The molecule has 0 radical (unpaired) electrons. The lowest BCUT2D eigenvalue weighted by Crippen LogP contribution is -2.71. The fraction of sp³-hybridized carbons (Fsp3) is 0.228. The van der Waals surface area contributed by atoms with E-state index in [-0.39, 0.29) is 44.5 Å². The van der Waals surface area contributed by atoms with Crippen molar-refractivity contribution in [2.24, 2.45) is 0 Å². The predicted octanol–water partition coefficient (Wildman–Crippen LogP) is 5.32. The minimum atomic E-state index is -2.10. The lowest BCUT2D eigenvalue weighted by molar-refractivity contribution is -0.337. The highest BCUT2D eigenvalue weighted by atomic mass is 16.7. The summed E-state index contributed by atoms with van der Waals surface area (Å²) in [6.07, 6.45) is -14.8. The number of aliphatic hydroxyl groups is 1. The van der Waals surface area contributed by atoms with Gasteiger partial charge in [-0.3, -0.25) is 29.0 Å². The van der Waals surface area contributed by atoms with Gasteiger partial charge in [-0.05, 0) is 72.8 Å². The molecule has 0 bridgehead atoms. The van der Waals surface area contributed by atoms with Gasteiger partial charge in [-0.15, -0.1) is 0 Å². The zero-order valence-electron chi connectivity index (χ0n) is 40.2. The van der Waals surface area contributed by atoms with E-state index >= 15 is 0 Å². The van der Waals surface area contributed by atoms with Gasteiger partial charge >= 0.3 is 23.9 Å². The van der Waals surface area contributed by atoms with Crippen molar-refractivity contribution in [2.45, 2.75) is 61.3 Å². The second kappa shape index (κ2) is 22.0. The maximum atomic E-state index is 14.7. The molecule has 2 fully saturated rings. The number of imide groups is 2. The van der Waals surface area contributed by atoms with Crippen molar-refractivity contribution >= 4 is 47.5 Å². The Hall–Kier alpha value is -8.72. The third kappa shape index (κ3) is 9.87. The highest BCUT2D eigenvalue weighted by Gasteiger charge is 2.61. The molecule has 4 heterocycles. The van der Waals surface area contributed by atoms with Crippen LogP contribution in [0.2, 0.25) is 0 Å². The van der Waals surface area contributed by atoms with Crippen LogP contribution in [-0.4, -0.2) is 144 Å². The number of hydrogen-bond acceptors (Lipinski definition) is 17. The molecule has 10 rings (SSSR count). The van der Waals surface area contributed by atoms with Gasteiger partial charge in [0.25, 0.3) is 23.6 Å². The summed E-state index contributed by atoms with van der Waals surface area (Å²) >= 11 is 0. The predicted molar refractivity (Wildman–Crippen MR) is 261 cm³/mol. The number of amides is 4. The van der Waals surface area contributed by atoms with Gasteiger partial charge in [0, 0.05) is 7.11 Å². The SMILES string of the molecule is CO[C@H]1OC(COC(=O)c2ccccc2)[C@@H](OC2OC(COC(=O)c3ccccc3)C(O)[C@H](OC(=O)c3ccccc3)[C@H]2N2C(=O)c3ccccc3C2=O)C(OC(=O)c2ccccc2)[C@@H]1N1C(=O)c2ccccc2C1=O. The number of benzene rings is 6. The van der Waals surface area contributed by atoms with E-state index in [9.17, 15) is 43.5 Å². The first kappa shape index (κ1) is 50.8. The Balaban J connectivity index is 1.12. The van der Waals surface area contributed by atoms with Gasteiger partial charge in [-0.25, -0.2) is 19.2 Å². The fourth-order valence-electron chi connectivity index (χ4n) is 9.63. The van der Waals surface area contributed by atoms with E-state index in [0.29, 0.717) is 4.90 Å². The number of nitrogens with zero attached hydrogens (tertiary/aromatic N) is 2. The monoisotopic (exact) mass is 1030 g/mol. The Kier molecular flexibility index (Phi) is 14.7. The molecule has 10 atom stereocenters. The van der Waals surface area contributed by atoms with Crippen LogP contribution in [0.25, 0.3) is 0 Å². The maximum absolute atomic E-state index is 14.7. The van der Waals surface area contributed by atoms with Gasteiger partial charge in [-0.1, -0.05) is 97.1 Å². The highest BCUT2D eigenvalue weighted by Crippen LogP contribution is 2.40. The number of rotatable bonds is 15. The second-order valence-corrected chi connectivity index (χ2v) is 17.8. The molecule has 2 saturated heterocycles. The topological polar surface area (TPSA) is 237 Å². The molecule has 6 aromatic rings. The molecule has 19 heteroatoms. The first-order valence-corrected chi connectivity index (χ1v) is 24.0. The minimum absolute atomic E-state index is 0.00173. The highest BCUT2D eigenvalue weighted by molar-refractivity contribution is 6.22. The van der Waals surface area contributed by atoms with Crippen LogP contribution in [0.5, 0.6) is 0 Å². The molecule has 4 amide bonds. The number of hydrogen-bond donors (Lipinski definition) is 1. The molecule has 0 aromatic heterocycles. The third-order valence-electron chi connectivity index (χ3n) is 13.3. The summed E-state index contributed by atoms with van der Waals surface area (Å²) in [6, 6.07) is 39.1. The number of carbonyl (C=O) groups excluding carboxylic acids is 8. The fourth-order valence-corrected chi connectivity index (χ4v) is 9.63. The first-order valence-electron chi connectivity index (χ1n) is 24.0. The van der Waals surface area contributed by atoms with Gasteiger partial charge in [0.15, 0.2) is 24.8 Å². The molecule has 0 saturated carbocycles. The summed E-state index contributed by atoms with van der Waals surface area (Å²) in [4.78, 5) is 116. The lowest BCUT2D eigenvalue weighted by atomic mass is 9.92. The minimum Gasteiger partial charge on any atom is -0.459 e. The average Bonchev–Trinajstić information content (AvgIpc) is 3.90. The Bertz CT molecular complexity index is 3110. The van der Waals surface area contributed by atoms with Crippen LogP contribution in [0.4, 0.5) is 0 Å². The van der Waals surface area contributed by atoms with E-state index in [1.807, 2.05) is 0 Å². The molecule has 1 N–H and O–H groups in total. The second-order valence-electron chi connectivity index (χ2n) is 17.8. The molecule has 4 aliphatic heterocycles. The molecular weight excluding hydrogens is 985 g/mol. The summed E-state index contributed by atoms with van der Waals surface area (Å²) in [5.41, 5.74) is 0.112. The molecule has 76 heavy (non-hydrogen) atoms. The van der Waals surface area contributed by atoms with Crippen LogP contribution in [0, 0.1) is 0 Å². The normalized spacial score (nSPS) is 24.8. The number of aliphatic hydroxyl groups excluding tert-OH is 1. The van der Waals surface area contributed by atoms with E-state index in [4.69, 9.17) is 37.9 Å². The molecule has 19 nitrogen and oxygen atoms in total. The number of carbonyl (C=O) groups is 8. The smallest absolute Gasteiger partial charge is 0.338 e. The number of esters is 4. The third-order valence-corrected chi connectivity index (χ3v) is 13.3. The van der Waals surface area contributed by atoms with Gasteiger partial charge in [0.1, 0.15) is 49.7 Å². The first-order chi connectivity index (χ1) is 36.9. The van der Waals surface area contributed by atoms with E-state index in [0.717, 1.165) is 4.90 Å². The van der Waals surface area contributed by atoms with E-state index in [1.54, 1.807) is 84.9 Å². The van der Waals surface area contributed by atoms with E-state index < -0.39 is 122 Å². The van der Waals surface area contributed by atoms with Crippen LogP contribution in [0.1, 0.15) is 82.9 Å². The van der Waals surface area contributed by atoms with Crippen LogP contribution < -0.4 is 0 Å². The molecule has 0 aliphatic carbocycles. The quantitative estimate of drug-likeness (QED) is 0.0778. The van der Waals surface area contributed by atoms with Crippen molar-refractivity contribution in [1.29, 1.82) is 0 Å². The van der Waals surface area contributed by atoms with Crippen LogP contribution in [0.3, 0.4) is 0 Å². The summed E-state index contributed by atoms with van der Waals surface area (Å²) in [5.74, 6) is -7.24. The molecule has 386 valence electrons. The lowest BCUT2D eigenvalue weighted by Gasteiger charge is -2.51.